The largest absolute Gasteiger partial charge is 0.451 e. The summed E-state index contributed by atoms with van der Waals surface area (Å²) < 4.78 is 42.9. The van der Waals surface area contributed by atoms with Gasteiger partial charge in [-0.3, -0.25) is 0 Å². The molecule has 2 aromatic rings. The monoisotopic (exact) mass is 285 g/mol. The van der Waals surface area contributed by atoms with Gasteiger partial charge in [0.2, 0.25) is 11.7 Å². The fourth-order valence-electron chi connectivity index (χ4n) is 1.47. The van der Waals surface area contributed by atoms with Crippen LogP contribution in [0.3, 0.4) is 0 Å². The molecule has 0 saturated heterocycles. The van der Waals surface area contributed by atoms with Crippen molar-refractivity contribution in [2.75, 3.05) is 5.73 Å². The molecule has 1 aromatic carbocycles. The molecule has 0 bridgehead atoms. The van der Waals surface area contributed by atoms with Gasteiger partial charge in [0.05, 0.1) is 6.61 Å². The van der Waals surface area contributed by atoms with E-state index in [9.17, 15) is 13.2 Å². The third kappa shape index (κ3) is 3.15. The highest BCUT2D eigenvalue weighted by Gasteiger charge is 2.35. The number of nitrogens with two attached hydrogens (primary N) is 1. The molecular formula is C12H10F3N3O2. The highest BCUT2D eigenvalue weighted by molar-refractivity contribution is 5.39. The lowest BCUT2D eigenvalue weighted by molar-refractivity contribution is -0.145. The number of aliphatic hydroxyl groups is 1. The zero-order chi connectivity index (χ0) is 14.8. The Bertz CT molecular complexity index is 617. The highest BCUT2D eigenvalue weighted by atomic mass is 19.4. The molecule has 0 spiro atoms. The molecule has 106 valence electrons. The van der Waals surface area contributed by atoms with Crippen molar-refractivity contribution < 1.29 is 23.0 Å². The number of rotatable bonds is 3. The molecule has 5 nitrogen and oxygen atoms in total. The number of alkyl halides is 3. The van der Waals surface area contributed by atoms with Crippen molar-refractivity contribution in [3.8, 4) is 11.6 Å². The molecule has 0 amide bonds. The maximum absolute atomic E-state index is 12.6. The standard InChI is InChI=1S/C12H10F3N3O2/c13-12(14,15)11-17-9(16)5-10(18-11)20-8-4-2-1-3-7(8)6-19/h1-5,19H,6H2,(H2,16,17,18). The lowest BCUT2D eigenvalue weighted by atomic mass is 10.2. The summed E-state index contributed by atoms with van der Waals surface area (Å²) in [7, 11) is 0. The first-order valence-corrected chi connectivity index (χ1v) is 5.48. The van der Waals surface area contributed by atoms with Gasteiger partial charge in [-0.25, -0.2) is 4.98 Å². The van der Waals surface area contributed by atoms with Crippen LogP contribution in [0, 0.1) is 0 Å². The molecule has 0 atom stereocenters. The second-order valence-corrected chi connectivity index (χ2v) is 3.82. The van der Waals surface area contributed by atoms with Crippen LogP contribution in [0.4, 0.5) is 19.0 Å². The van der Waals surface area contributed by atoms with E-state index in [1.54, 1.807) is 18.2 Å². The van der Waals surface area contributed by atoms with Crippen LogP contribution in [0.2, 0.25) is 0 Å². The third-order valence-corrected chi connectivity index (χ3v) is 2.33. The van der Waals surface area contributed by atoms with Gasteiger partial charge in [0.15, 0.2) is 0 Å². The minimum Gasteiger partial charge on any atom is -0.438 e. The average Bonchev–Trinajstić information content (AvgIpc) is 2.37. The van der Waals surface area contributed by atoms with Gasteiger partial charge in [-0.2, -0.15) is 18.2 Å². The first-order valence-electron chi connectivity index (χ1n) is 5.48. The van der Waals surface area contributed by atoms with Crippen molar-refractivity contribution >= 4 is 5.82 Å². The van der Waals surface area contributed by atoms with Gasteiger partial charge in [0.25, 0.3) is 0 Å². The number of nitrogens with zero attached hydrogens (tertiary/aromatic N) is 2. The number of halogens is 3. The van der Waals surface area contributed by atoms with Crippen molar-refractivity contribution in [1.82, 2.24) is 9.97 Å². The van der Waals surface area contributed by atoms with E-state index in [0.29, 0.717) is 5.56 Å². The Morgan fingerprint density at radius 2 is 1.90 bits per heavy atom. The first-order chi connectivity index (χ1) is 9.40. The van der Waals surface area contributed by atoms with E-state index in [4.69, 9.17) is 15.6 Å². The summed E-state index contributed by atoms with van der Waals surface area (Å²) in [4.78, 5) is 6.36. The Morgan fingerprint density at radius 3 is 2.55 bits per heavy atom. The third-order valence-electron chi connectivity index (χ3n) is 2.33. The van der Waals surface area contributed by atoms with Gasteiger partial charge in [-0.1, -0.05) is 18.2 Å². The van der Waals surface area contributed by atoms with E-state index in [1.807, 2.05) is 0 Å². The minimum atomic E-state index is -4.72. The molecular weight excluding hydrogens is 275 g/mol. The summed E-state index contributed by atoms with van der Waals surface area (Å²) in [5.74, 6) is -1.88. The van der Waals surface area contributed by atoms with E-state index >= 15 is 0 Å². The SMILES string of the molecule is Nc1cc(Oc2ccccc2CO)nc(C(F)(F)F)n1. The Hall–Kier alpha value is -2.35. The van der Waals surface area contributed by atoms with Gasteiger partial charge in [-0.15, -0.1) is 0 Å². The van der Waals surface area contributed by atoms with Crippen LogP contribution >= 0.6 is 0 Å². The van der Waals surface area contributed by atoms with Gasteiger partial charge in [0.1, 0.15) is 11.6 Å². The second-order valence-electron chi connectivity index (χ2n) is 3.82. The molecule has 0 unspecified atom stereocenters. The van der Waals surface area contributed by atoms with E-state index in [2.05, 4.69) is 9.97 Å². The summed E-state index contributed by atoms with van der Waals surface area (Å²) in [6.45, 7) is -0.317. The van der Waals surface area contributed by atoms with Crippen LogP contribution < -0.4 is 10.5 Å². The molecule has 0 radical (unpaired) electrons. The number of anilines is 1. The zero-order valence-corrected chi connectivity index (χ0v) is 10.1. The Labute approximate surface area is 111 Å². The fourth-order valence-corrected chi connectivity index (χ4v) is 1.47. The van der Waals surface area contributed by atoms with Crippen LogP contribution in [0.25, 0.3) is 0 Å². The van der Waals surface area contributed by atoms with Crippen molar-refractivity contribution in [3.63, 3.8) is 0 Å². The number of aromatic nitrogens is 2. The van der Waals surface area contributed by atoms with Crippen LogP contribution in [-0.4, -0.2) is 15.1 Å². The first kappa shape index (κ1) is 14.1. The number of hydrogen-bond donors (Lipinski definition) is 2. The summed E-state index contributed by atoms with van der Waals surface area (Å²) in [5, 5.41) is 9.12. The summed E-state index contributed by atoms with van der Waals surface area (Å²) in [6, 6.07) is 7.42. The van der Waals surface area contributed by atoms with Crippen molar-refractivity contribution in [3.05, 3.63) is 41.7 Å². The predicted molar refractivity (Wildman–Crippen MR) is 63.9 cm³/mol. The summed E-state index contributed by atoms with van der Waals surface area (Å²) >= 11 is 0. The van der Waals surface area contributed by atoms with Crippen molar-refractivity contribution in [2.45, 2.75) is 12.8 Å². The number of aliphatic hydroxyl groups excluding tert-OH is 1. The second kappa shape index (κ2) is 5.33. The topological polar surface area (TPSA) is 81.3 Å². The van der Waals surface area contributed by atoms with Crippen LogP contribution in [0.15, 0.2) is 30.3 Å². The number of ether oxygens (including phenoxy) is 1. The predicted octanol–water partition coefficient (Wildman–Crippen LogP) is 2.36. The van der Waals surface area contributed by atoms with E-state index in [-0.39, 0.29) is 24.1 Å². The molecule has 1 heterocycles. The van der Waals surface area contributed by atoms with E-state index in [0.717, 1.165) is 6.07 Å². The summed E-state index contributed by atoms with van der Waals surface area (Å²) in [5.41, 5.74) is 5.71. The fraction of sp³-hybridized carbons (Fsp3) is 0.167. The van der Waals surface area contributed by atoms with E-state index in [1.165, 1.54) is 6.07 Å². The quantitative estimate of drug-likeness (QED) is 0.904. The minimum absolute atomic E-state index is 0.196. The molecule has 0 aliphatic heterocycles. The molecule has 0 fully saturated rings. The number of nitrogen functional groups attached to an aromatic ring is 1. The molecule has 0 aliphatic rings. The molecule has 3 N–H and O–H groups in total. The number of benzene rings is 1. The number of hydrogen-bond acceptors (Lipinski definition) is 5. The average molecular weight is 285 g/mol. The molecule has 20 heavy (non-hydrogen) atoms. The Morgan fingerprint density at radius 1 is 1.20 bits per heavy atom. The maximum atomic E-state index is 12.6. The lowest BCUT2D eigenvalue weighted by Gasteiger charge is -2.11. The van der Waals surface area contributed by atoms with Crippen molar-refractivity contribution in [1.29, 1.82) is 0 Å². The van der Waals surface area contributed by atoms with Gasteiger partial charge in [-0.05, 0) is 6.07 Å². The molecule has 0 saturated carbocycles. The van der Waals surface area contributed by atoms with Crippen LogP contribution in [0.1, 0.15) is 11.4 Å². The smallest absolute Gasteiger partial charge is 0.438 e. The normalized spacial score (nSPS) is 11.4. The summed E-state index contributed by atoms with van der Waals surface area (Å²) in [6.07, 6.45) is -4.72. The van der Waals surface area contributed by atoms with E-state index < -0.39 is 12.0 Å². The highest BCUT2D eigenvalue weighted by Crippen LogP contribution is 2.30. The zero-order valence-electron chi connectivity index (χ0n) is 10.1. The van der Waals surface area contributed by atoms with Crippen LogP contribution in [-0.2, 0) is 12.8 Å². The number of para-hydroxylation sites is 1. The molecule has 1 aromatic heterocycles. The van der Waals surface area contributed by atoms with Gasteiger partial charge in [0, 0.05) is 11.6 Å². The Kier molecular flexibility index (Phi) is 3.75. The maximum Gasteiger partial charge on any atom is 0.451 e. The molecule has 2 rings (SSSR count). The van der Waals surface area contributed by atoms with Crippen LogP contribution in [0.5, 0.6) is 11.6 Å². The van der Waals surface area contributed by atoms with Gasteiger partial charge < -0.3 is 15.6 Å². The lowest BCUT2D eigenvalue weighted by Crippen LogP contribution is -2.13. The Balaban J connectivity index is 2.36. The van der Waals surface area contributed by atoms with Crippen molar-refractivity contribution in [2.24, 2.45) is 0 Å². The molecule has 0 aliphatic carbocycles. The molecule has 8 heteroatoms. The van der Waals surface area contributed by atoms with Gasteiger partial charge >= 0.3 is 6.18 Å².